The van der Waals surface area contributed by atoms with Gasteiger partial charge in [0.2, 0.25) is 0 Å². The molecule has 0 spiro atoms. The molecule has 0 aliphatic rings. The van der Waals surface area contributed by atoms with Crippen LogP contribution in [0.15, 0.2) is 12.4 Å². The number of aryl methyl sites for hydroxylation is 1. The maximum absolute atomic E-state index is 10.8. The number of aromatic nitrogens is 2. The van der Waals surface area contributed by atoms with Crippen LogP contribution in [0.5, 0.6) is 0 Å². The van der Waals surface area contributed by atoms with Gasteiger partial charge >= 0.3 is 5.97 Å². The summed E-state index contributed by atoms with van der Waals surface area (Å²) in [7, 11) is 0. The van der Waals surface area contributed by atoms with E-state index in [9.17, 15) is 4.79 Å². The predicted octanol–water partition coefficient (Wildman–Crippen LogP) is 1.15. The number of nitrogens with zero attached hydrogens (tertiary/aromatic N) is 2. The lowest BCUT2D eigenvalue weighted by Gasteiger charge is -2.17. The Kier molecular flexibility index (Phi) is 2.32. The van der Waals surface area contributed by atoms with Crippen molar-refractivity contribution in [2.24, 2.45) is 0 Å². The van der Waals surface area contributed by atoms with Gasteiger partial charge in [0.1, 0.15) is 5.41 Å². The van der Waals surface area contributed by atoms with Gasteiger partial charge in [0.25, 0.3) is 0 Å². The molecule has 1 heterocycles. The largest absolute Gasteiger partial charge is 0.481 e. The fourth-order valence-electron chi connectivity index (χ4n) is 0.825. The summed E-state index contributed by atoms with van der Waals surface area (Å²) in [5, 5.41) is 8.90. The van der Waals surface area contributed by atoms with E-state index >= 15 is 0 Å². The van der Waals surface area contributed by atoms with Gasteiger partial charge in [-0.25, -0.2) is 0 Å². The van der Waals surface area contributed by atoms with Gasteiger partial charge in [-0.3, -0.25) is 14.8 Å². The van der Waals surface area contributed by atoms with Crippen molar-refractivity contribution in [1.29, 1.82) is 0 Å². The normalized spacial score (nSPS) is 11.3. The van der Waals surface area contributed by atoms with Gasteiger partial charge in [0, 0.05) is 12.4 Å². The van der Waals surface area contributed by atoms with Crippen LogP contribution in [-0.2, 0) is 10.2 Å². The standard InChI is InChI=1S/C9H12N2O2/c1-6-4-11-7(5-10-6)9(2,3)8(12)13/h4-5H,1-3H3,(H,12,13). The van der Waals surface area contributed by atoms with Gasteiger partial charge < -0.3 is 5.11 Å². The Bertz CT molecular complexity index is 317. The summed E-state index contributed by atoms with van der Waals surface area (Å²) < 4.78 is 0. The first-order valence-corrected chi connectivity index (χ1v) is 3.97. The van der Waals surface area contributed by atoms with Crippen molar-refractivity contribution in [3.05, 3.63) is 23.8 Å². The van der Waals surface area contributed by atoms with Crippen LogP contribution in [0.1, 0.15) is 25.2 Å². The third-order valence-electron chi connectivity index (χ3n) is 1.96. The highest BCUT2D eigenvalue weighted by atomic mass is 16.4. The van der Waals surface area contributed by atoms with Gasteiger partial charge in [0.05, 0.1) is 11.4 Å². The quantitative estimate of drug-likeness (QED) is 0.741. The van der Waals surface area contributed by atoms with Crippen molar-refractivity contribution in [2.75, 3.05) is 0 Å². The van der Waals surface area contributed by atoms with Crippen LogP contribution >= 0.6 is 0 Å². The lowest BCUT2D eigenvalue weighted by atomic mass is 9.90. The first kappa shape index (κ1) is 9.64. The zero-order valence-corrected chi connectivity index (χ0v) is 7.90. The van der Waals surface area contributed by atoms with E-state index in [-0.39, 0.29) is 0 Å². The second-order valence-electron chi connectivity index (χ2n) is 3.47. The molecule has 0 fully saturated rings. The average Bonchev–Trinajstić information content (AvgIpc) is 2.04. The van der Waals surface area contributed by atoms with Crippen LogP contribution in [0.4, 0.5) is 0 Å². The van der Waals surface area contributed by atoms with Crippen LogP contribution in [-0.4, -0.2) is 21.0 Å². The molecule has 0 radical (unpaired) electrons. The second kappa shape index (κ2) is 3.12. The fourth-order valence-corrected chi connectivity index (χ4v) is 0.825. The molecule has 1 rings (SSSR count). The van der Waals surface area contributed by atoms with Crippen LogP contribution < -0.4 is 0 Å². The van der Waals surface area contributed by atoms with Crippen LogP contribution in [0, 0.1) is 6.92 Å². The smallest absolute Gasteiger partial charge is 0.315 e. The number of hydrogen-bond donors (Lipinski definition) is 1. The van der Waals surface area contributed by atoms with Gasteiger partial charge in [-0.1, -0.05) is 0 Å². The minimum Gasteiger partial charge on any atom is -0.481 e. The van der Waals surface area contributed by atoms with Crippen molar-refractivity contribution in [3.8, 4) is 0 Å². The monoisotopic (exact) mass is 180 g/mol. The van der Waals surface area contributed by atoms with Crippen LogP contribution in [0.25, 0.3) is 0 Å². The van der Waals surface area contributed by atoms with Gasteiger partial charge in [-0.15, -0.1) is 0 Å². The van der Waals surface area contributed by atoms with E-state index in [0.29, 0.717) is 5.69 Å². The summed E-state index contributed by atoms with van der Waals surface area (Å²) in [5.74, 6) is -0.898. The van der Waals surface area contributed by atoms with Crippen LogP contribution in [0.2, 0.25) is 0 Å². The molecular formula is C9H12N2O2. The van der Waals surface area contributed by atoms with Crippen molar-refractivity contribution in [1.82, 2.24) is 9.97 Å². The summed E-state index contributed by atoms with van der Waals surface area (Å²) in [5.41, 5.74) is 0.288. The van der Waals surface area contributed by atoms with E-state index in [1.165, 1.54) is 6.20 Å². The SMILES string of the molecule is Cc1cnc(C(C)(C)C(=O)O)cn1. The maximum atomic E-state index is 10.8. The minimum absolute atomic E-state index is 0.477. The van der Waals surface area contributed by atoms with E-state index in [0.717, 1.165) is 5.69 Å². The number of carboxylic acids is 1. The Balaban J connectivity index is 3.08. The highest BCUT2D eigenvalue weighted by Crippen LogP contribution is 2.19. The molecule has 0 saturated carbocycles. The number of hydrogen-bond acceptors (Lipinski definition) is 3. The van der Waals surface area contributed by atoms with Crippen LogP contribution in [0.3, 0.4) is 0 Å². The molecule has 0 aliphatic carbocycles. The molecule has 13 heavy (non-hydrogen) atoms. The summed E-state index contributed by atoms with van der Waals surface area (Å²) in [6.07, 6.45) is 3.07. The minimum atomic E-state index is -0.972. The fraction of sp³-hybridized carbons (Fsp3) is 0.444. The second-order valence-corrected chi connectivity index (χ2v) is 3.47. The lowest BCUT2D eigenvalue weighted by molar-refractivity contribution is -0.142. The Labute approximate surface area is 76.7 Å². The van der Waals surface area contributed by atoms with Crippen molar-refractivity contribution >= 4 is 5.97 Å². The van der Waals surface area contributed by atoms with Gasteiger partial charge in [-0.2, -0.15) is 0 Å². The summed E-state index contributed by atoms with van der Waals surface area (Å²) >= 11 is 0. The number of carbonyl (C=O) groups is 1. The summed E-state index contributed by atoms with van der Waals surface area (Å²) in [4.78, 5) is 18.9. The molecule has 1 aromatic heterocycles. The Hall–Kier alpha value is -1.45. The van der Waals surface area contributed by atoms with E-state index in [1.807, 2.05) is 6.92 Å². The zero-order valence-electron chi connectivity index (χ0n) is 7.90. The number of rotatable bonds is 2. The molecule has 4 heteroatoms. The Morgan fingerprint density at radius 1 is 1.38 bits per heavy atom. The van der Waals surface area contributed by atoms with E-state index < -0.39 is 11.4 Å². The molecule has 0 bridgehead atoms. The van der Waals surface area contributed by atoms with Gasteiger partial charge in [0.15, 0.2) is 0 Å². The van der Waals surface area contributed by atoms with Crippen molar-refractivity contribution in [2.45, 2.75) is 26.2 Å². The molecular weight excluding hydrogens is 168 g/mol. The molecule has 0 aliphatic heterocycles. The highest BCUT2D eigenvalue weighted by Gasteiger charge is 2.31. The van der Waals surface area contributed by atoms with E-state index in [4.69, 9.17) is 5.11 Å². The molecule has 70 valence electrons. The first-order chi connectivity index (χ1) is 5.94. The molecule has 0 unspecified atom stereocenters. The predicted molar refractivity (Wildman–Crippen MR) is 47.4 cm³/mol. The molecule has 4 nitrogen and oxygen atoms in total. The molecule has 0 atom stereocenters. The summed E-state index contributed by atoms with van der Waals surface area (Å²) in [6, 6.07) is 0. The number of aliphatic carboxylic acids is 1. The Morgan fingerprint density at radius 3 is 2.38 bits per heavy atom. The number of carboxylic acid groups (broad SMARTS) is 1. The lowest BCUT2D eigenvalue weighted by Crippen LogP contribution is -2.29. The molecule has 1 aromatic rings. The molecule has 1 N–H and O–H groups in total. The van der Waals surface area contributed by atoms with E-state index in [1.54, 1.807) is 20.0 Å². The topological polar surface area (TPSA) is 63.1 Å². The van der Waals surface area contributed by atoms with Gasteiger partial charge in [-0.05, 0) is 20.8 Å². The first-order valence-electron chi connectivity index (χ1n) is 3.97. The summed E-state index contributed by atoms with van der Waals surface area (Å²) in [6.45, 7) is 5.02. The zero-order chi connectivity index (χ0) is 10.1. The highest BCUT2D eigenvalue weighted by molar-refractivity contribution is 5.79. The molecule has 0 amide bonds. The van der Waals surface area contributed by atoms with Crippen molar-refractivity contribution < 1.29 is 9.90 Å². The van der Waals surface area contributed by atoms with E-state index in [2.05, 4.69) is 9.97 Å². The molecule has 0 aromatic carbocycles. The maximum Gasteiger partial charge on any atom is 0.315 e. The third kappa shape index (κ3) is 1.83. The molecule has 0 saturated heterocycles. The van der Waals surface area contributed by atoms with Crippen molar-refractivity contribution in [3.63, 3.8) is 0 Å². The average molecular weight is 180 g/mol. The Morgan fingerprint density at radius 2 is 2.00 bits per heavy atom. The third-order valence-corrected chi connectivity index (χ3v) is 1.96.